The lowest BCUT2D eigenvalue weighted by Crippen LogP contribution is -2.31. The van der Waals surface area contributed by atoms with Crippen LogP contribution < -0.4 is 5.73 Å². The van der Waals surface area contributed by atoms with Gasteiger partial charge in [0.15, 0.2) is 0 Å². The maximum atomic E-state index is 13.4. The van der Waals surface area contributed by atoms with E-state index in [1.165, 1.54) is 25.3 Å². The summed E-state index contributed by atoms with van der Waals surface area (Å²) in [7, 11) is 0. The highest BCUT2D eigenvalue weighted by molar-refractivity contribution is 9.10. The summed E-state index contributed by atoms with van der Waals surface area (Å²) >= 11 is 3.31. The summed E-state index contributed by atoms with van der Waals surface area (Å²) in [6.07, 6.45) is 4.78. The first kappa shape index (κ1) is 11.7. The zero-order valence-corrected chi connectivity index (χ0v) is 11.3. The molecular weight excluding hydrogens is 281 g/mol. The van der Waals surface area contributed by atoms with E-state index in [9.17, 15) is 4.39 Å². The van der Waals surface area contributed by atoms with Gasteiger partial charge in [0.2, 0.25) is 0 Å². The van der Waals surface area contributed by atoms with Crippen molar-refractivity contribution in [1.29, 1.82) is 0 Å². The van der Waals surface area contributed by atoms with Crippen LogP contribution in [0.5, 0.6) is 0 Å². The first-order valence-electron chi connectivity index (χ1n) is 6.33. The lowest BCUT2D eigenvalue weighted by molar-refractivity contribution is 0.392. The molecule has 3 unspecified atom stereocenters. The number of halogens is 2. The molecule has 0 bridgehead atoms. The molecule has 2 aliphatic carbocycles. The number of rotatable bonds is 3. The van der Waals surface area contributed by atoms with E-state index in [2.05, 4.69) is 15.9 Å². The Morgan fingerprint density at radius 1 is 1.29 bits per heavy atom. The summed E-state index contributed by atoms with van der Waals surface area (Å²) in [6.45, 7) is 0. The monoisotopic (exact) mass is 297 g/mol. The molecule has 0 amide bonds. The van der Waals surface area contributed by atoms with E-state index in [0.717, 1.165) is 23.8 Å². The van der Waals surface area contributed by atoms with Crippen LogP contribution in [0, 0.1) is 23.6 Å². The SMILES string of the molecule is NC(Cc1cccc(F)c1Br)C1CC2CC2C1. The summed E-state index contributed by atoms with van der Waals surface area (Å²) in [5.74, 6) is 2.38. The van der Waals surface area contributed by atoms with Crippen molar-refractivity contribution in [2.24, 2.45) is 23.5 Å². The van der Waals surface area contributed by atoms with Crippen molar-refractivity contribution in [3.63, 3.8) is 0 Å². The second-order valence-corrected chi connectivity index (χ2v) is 6.36. The van der Waals surface area contributed by atoms with Crippen LogP contribution in [-0.4, -0.2) is 6.04 Å². The number of hydrogen-bond acceptors (Lipinski definition) is 1. The minimum atomic E-state index is -0.191. The van der Waals surface area contributed by atoms with Crippen LogP contribution in [0.2, 0.25) is 0 Å². The van der Waals surface area contributed by atoms with Crippen LogP contribution in [-0.2, 0) is 6.42 Å². The fourth-order valence-electron chi connectivity index (χ4n) is 3.24. The normalized spacial score (nSPS) is 32.3. The van der Waals surface area contributed by atoms with Gasteiger partial charge in [0.05, 0.1) is 4.47 Å². The summed E-state index contributed by atoms with van der Waals surface area (Å²) < 4.78 is 14.0. The molecule has 3 rings (SSSR count). The molecule has 0 saturated heterocycles. The Hall–Kier alpha value is -0.410. The van der Waals surface area contributed by atoms with Gasteiger partial charge in [0.25, 0.3) is 0 Å². The third-order valence-electron chi connectivity index (χ3n) is 4.37. The van der Waals surface area contributed by atoms with Crippen molar-refractivity contribution < 1.29 is 4.39 Å². The van der Waals surface area contributed by atoms with Gasteiger partial charge in [-0.1, -0.05) is 12.1 Å². The second kappa shape index (κ2) is 4.36. The second-order valence-electron chi connectivity index (χ2n) is 5.57. The Labute approximate surface area is 110 Å². The molecule has 0 heterocycles. The van der Waals surface area contributed by atoms with E-state index < -0.39 is 0 Å². The van der Waals surface area contributed by atoms with Gasteiger partial charge in [-0.05, 0) is 71.0 Å². The molecule has 2 saturated carbocycles. The lowest BCUT2D eigenvalue weighted by atomic mass is 9.90. The smallest absolute Gasteiger partial charge is 0.137 e. The molecule has 1 aromatic carbocycles. The lowest BCUT2D eigenvalue weighted by Gasteiger charge is -2.21. The molecule has 1 nitrogen and oxygen atoms in total. The quantitative estimate of drug-likeness (QED) is 0.908. The van der Waals surface area contributed by atoms with Crippen molar-refractivity contribution in [2.45, 2.75) is 31.7 Å². The van der Waals surface area contributed by atoms with Gasteiger partial charge in [0.1, 0.15) is 5.82 Å². The van der Waals surface area contributed by atoms with Crippen LogP contribution >= 0.6 is 15.9 Å². The zero-order chi connectivity index (χ0) is 12.0. The number of fused-ring (bicyclic) bond motifs is 1. The van der Waals surface area contributed by atoms with Crippen molar-refractivity contribution in [3.8, 4) is 0 Å². The highest BCUT2D eigenvalue weighted by atomic mass is 79.9. The molecule has 0 aliphatic heterocycles. The predicted molar refractivity (Wildman–Crippen MR) is 70.1 cm³/mol. The maximum absolute atomic E-state index is 13.4. The first-order valence-corrected chi connectivity index (χ1v) is 7.13. The summed E-state index contributed by atoms with van der Waals surface area (Å²) in [5.41, 5.74) is 7.27. The molecule has 92 valence electrons. The van der Waals surface area contributed by atoms with Crippen molar-refractivity contribution in [1.82, 2.24) is 0 Å². The molecule has 3 atom stereocenters. The molecule has 2 fully saturated rings. The number of hydrogen-bond donors (Lipinski definition) is 1. The molecule has 2 aliphatic rings. The van der Waals surface area contributed by atoms with E-state index in [1.807, 2.05) is 6.07 Å². The van der Waals surface area contributed by atoms with Gasteiger partial charge < -0.3 is 5.73 Å². The first-order chi connectivity index (χ1) is 8.15. The van der Waals surface area contributed by atoms with Crippen LogP contribution in [0.3, 0.4) is 0 Å². The van der Waals surface area contributed by atoms with E-state index in [0.29, 0.717) is 10.4 Å². The molecule has 0 radical (unpaired) electrons. The molecule has 0 aromatic heterocycles. The van der Waals surface area contributed by atoms with E-state index in [4.69, 9.17) is 5.73 Å². The standard InChI is InChI=1S/C14H17BrFN/c15-14-8(2-1-3-12(14)16)7-13(17)11-5-9-4-10(9)6-11/h1-3,9-11,13H,4-7,17H2. The zero-order valence-electron chi connectivity index (χ0n) is 9.70. The third kappa shape index (κ3) is 2.27. The van der Waals surface area contributed by atoms with Crippen molar-refractivity contribution >= 4 is 15.9 Å². The highest BCUT2D eigenvalue weighted by Gasteiger charge is 2.47. The minimum absolute atomic E-state index is 0.181. The maximum Gasteiger partial charge on any atom is 0.137 e. The van der Waals surface area contributed by atoms with Gasteiger partial charge in [-0.25, -0.2) is 4.39 Å². The average molecular weight is 298 g/mol. The highest BCUT2D eigenvalue weighted by Crippen LogP contribution is 2.55. The Morgan fingerprint density at radius 2 is 2.00 bits per heavy atom. The van der Waals surface area contributed by atoms with Crippen LogP contribution in [0.25, 0.3) is 0 Å². The van der Waals surface area contributed by atoms with Gasteiger partial charge in [-0.15, -0.1) is 0 Å². The molecule has 1 aromatic rings. The van der Waals surface area contributed by atoms with E-state index in [-0.39, 0.29) is 11.9 Å². The fraction of sp³-hybridized carbons (Fsp3) is 0.571. The Kier molecular flexibility index (Phi) is 2.99. The number of nitrogens with two attached hydrogens (primary N) is 1. The third-order valence-corrected chi connectivity index (χ3v) is 5.26. The van der Waals surface area contributed by atoms with Crippen LogP contribution in [0.1, 0.15) is 24.8 Å². The van der Waals surface area contributed by atoms with Crippen molar-refractivity contribution in [3.05, 3.63) is 34.1 Å². The summed E-state index contributed by atoms with van der Waals surface area (Å²) in [6, 6.07) is 5.38. The molecule has 17 heavy (non-hydrogen) atoms. The molecule has 3 heteroatoms. The summed E-state index contributed by atoms with van der Waals surface area (Å²) in [5, 5.41) is 0. The summed E-state index contributed by atoms with van der Waals surface area (Å²) in [4.78, 5) is 0. The Morgan fingerprint density at radius 3 is 2.71 bits per heavy atom. The average Bonchev–Trinajstić information content (AvgIpc) is 2.92. The Balaban J connectivity index is 1.67. The van der Waals surface area contributed by atoms with Gasteiger partial charge in [-0.2, -0.15) is 0 Å². The molecular formula is C14H17BrFN. The van der Waals surface area contributed by atoms with Gasteiger partial charge >= 0.3 is 0 Å². The van der Waals surface area contributed by atoms with Gasteiger partial charge in [0, 0.05) is 6.04 Å². The molecule has 2 N–H and O–H groups in total. The largest absolute Gasteiger partial charge is 0.327 e. The van der Waals surface area contributed by atoms with E-state index in [1.54, 1.807) is 6.07 Å². The predicted octanol–water partition coefficient (Wildman–Crippen LogP) is 3.50. The minimum Gasteiger partial charge on any atom is -0.327 e. The van der Waals surface area contributed by atoms with Gasteiger partial charge in [-0.3, -0.25) is 0 Å². The topological polar surface area (TPSA) is 26.0 Å². The number of benzene rings is 1. The molecule has 0 spiro atoms. The van der Waals surface area contributed by atoms with Crippen molar-refractivity contribution in [2.75, 3.05) is 0 Å². The Bertz CT molecular complexity index is 424. The van der Waals surface area contributed by atoms with Crippen LogP contribution in [0.15, 0.2) is 22.7 Å². The fourth-order valence-corrected chi connectivity index (χ4v) is 3.66. The van der Waals surface area contributed by atoms with Crippen LogP contribution in [0.4, 0.5) is 4.39 Å². The van der Waals surface area contributed by atoms with E-state index >= 15 is 0 Å².